The lowest BCUT2D eigenvalue weighted by atomic mass is 10.0. The van der Waals surface area contributed by atoms with Gasteiger partial charge in [0.1, 0.15) is 11.6 Å². The number of aryl methyl sites for hydroxylation is 1. The Morgan fingerprint density at radius 2 is 1.89 bits per heavy atom. The molecule has 2 rings (SSSR count). The van der Waals surface area contributed by atoms with Crippen LogP contribution in [-0.2, 0) is 19.9 Å². The number of aromatic nitrogens is 2. The summed E-state index contributed by atoms with van der Waals surface area (Å²) in [4.78, 5) is 0. The average molecular weight is 252 g/mol. The van der Waals surface area contributed by atoms with E-state index in [0.717, 1.165) is 0 Å². The second kappa shape index (κ2) is 5.27. The predicted octanol–water partition coefficient (Wildman–Crippen LogP) is 1.84. The Bertz CT molecular complexity index is 519. The van der Waals surface area contributed by atoms with Crippen LogP contribution in [0.25, 0.3) is 0 Å². The van der Waals surface area contributed by atoms with E-state index >= 15 is 0 Å². The summed E-state index contributed by atoms with van der Waals surface area (Å²) in [6.07, 6.45) is 1.11. The van der Waals surface area contributed by atoms with Gasteiger partial charge in [0.15, 0.2) is 0 Å². The monoisotopic (exact) mass is 252 g/mol. The van der Waals surface area contributed by atoms with Gasteiger partial charge in [-0.2, -0.15) is 5.10 Å². The molecule has 18 heavy (non-hydrogen) atoms. The van der Waals surface area contributed by atoms with Crippen molar-refractivity contribution in [1.29, 1.82) is 0 Å². The van der Waals surface area contributed by atoms with Crippen molar-refractivity contribution in [2.45, 2.75) is 18.9 Å². The highest BCUT2D eigenvalue weighted by atomic mass is 19.1. The second-order valence-electron chi connectivity index (χ2n) is 4.24. The fourth-order valence-corrected chi connectivity index (χ4v) is 1.85. The lowest BCUT2D eigenvalue weighted by molar-refractivity contribution is 0.171. The minimum atomic E-state index is -0.855. The number of rotatable bonds is 4. The van der Waals surface area contributed by atoms with E-state index in [4.69, 9.17) is 0 Å². The van der Waals surface area contributed by atoms with Crippen molar-refractivity contribution in [3.8, 4) is 0 Å². The molecule has 1 atom stereocenters. The first-order chi connectivity index (χ1) is 8.56. The SMILES string of the molecule is Cn1ccc(CC(O)Cc2c(F)cccc2F)n1. The van der Waals surface area contributed by atoms with E-state index in [2.05, 4.69) is 5.10 Å². The molecule has 0 aliphatic heterocycles. The fourth-order valence-electron chi connectivity index (χ4n) is 1.85. The lowest BCUT2D eigenvalue weighted by Crippen LogP contribution is -2.16. The van der Waals surface area contributed by atoms with Crippen LogP contribution in [0, 0.1) is 11.6 Å². The van der Waals surface area contributed by atoms with Gasteiger partial charge in [0.05, 0.1) is 11.8 Å². The minimum Gasteiger partial charge on any atom is -0.392 e. The largest absolute Gasteiger partial charge is 0.392 e. The summed E-state index contributed by atoms with van der Waals surface area (Å²) < 4.78 is 28.4. The first-order valence-electron chi connectivity index (χ1n) is 5.65. The first-order valence-corrected chi connectivity index (χ1v) is 5.65. The van der Waals surface area contributed by atoms with E-state index in [1.54, 1.807) is 24.0 Å². The number of aliphatic hydroxyl groups excluding tert-OH is 1. The van der Waals surface area contributed by atoms with Crippen LogP contribution in [0.4, 0.5) is 8.78 Å². The molecule has 96 valence electrons. The van der Waals surface area contributed by atoms with Crippen molar-refractivity contribution < 1.29 is 13.9 Å². The van der Waals surface area contributed by atoms with Gasteiger partial charge in [-0.1, -0.05) is 6.07 Å². The van der Waals surface area contributed by atoms with E-state index in [0.29, 0.717) is 5.69 Å². The first kappa shape index (κ1) is 12.7. The molecule has 0 aliphatic rings. The summed E-state index contributed by atoms with van der Waals surface area (Å²) in [5, 5.41) is 13.9. The molecule has 3 nitrogen and oxygen atoms in total. The summed E-state index contributed by atoms with van der Waals surface area (Å²) in [5.74, 6) is -1.26. The normalized spacial score (nSPS) is 12.7. The quantitative estimate of drug-likeness (QED) is 0.901. The van der Waals surface area contributed by atoms with Gasteiger partial charge in [-0.05, 0) is 18.2 Å². The van der Waals surface area contributed by atoms with Crippen LogP contribution in [0.5, 0.6) is 0 Å². The maximum absolute atomic E-state index is 13.4. The fraction of sp³-hybridized carbons (Fsp3) is 0.308. The van der Waals surface area contributed by atoms with Crippen LogP contribution >= 0.6 is 0 Å². The van der Waals surface area contributed by atoms with Crippen molar-refractivity contribution in [3.05, 3.63) is 53.4 Å². The summed E-state index contributed by atoms with van der Waals surface area (Å²) >= 11 is 0. The van der Waals surface area contributed by atoms with E-state index in [-0.39, 0.29) is 18.4 Å². The molecular formula is C13H14F2N2O. The zero-order valence-corrected chi connectivity index (χ0v) is 9.98. The Labute approximate surface area is 104 Å². The standard InChI is InChI=1S/C13H14F2N2O/c1-17-6-5-9(16-17)7-10(18)8-11-12(14)3-2-4-13(11)15/h2-6,10,18H,7-8H2,1H3. The van der Waals surface area contributed by atoms with Crippen molar-refractivity contribution >= 4 is 0 Å². The van der Waals surface area contributed by atoms with E-state index in [9.17, 15) is 13.9 Å². The number of nitrogens with zero attached hydrogens (tertiary/aromatic N) is 2. The van der Waals surface area contributed by atoms with E-state index < -0.39 is 17.7 Å². The van der Waals surface area contributed by atoms with Crippen molar-refractivity contribution in [1.82, 2.24) is 9.78 Å². The van der Waals surface area contributed by atoms with Crippen LogP contribution < -0.4 is 0 Å². The van der Waals surface area contributed by atoms with Crippen LogP contribution in [0.15, 0.2) is 30.5 Å². The molecule has 0 bridgehead atoms. The topological polar surface area (TPSA) is 38.0 Å². The summed E-state index contributed by atoms with van der Waals surface area (Å²) in [5.41, 5.74) is 0.614. The van der Waals surface area contributed by atoms with Gasteiger partial charge in [0.2, 0.25) is 0 Å². The van der Waals surface area contributed by atoms with Gasteiger partial charge in [-0.15, -0.1) is 0 Å². The molecule has 0 saturated carbocycles. The van der Waals surface area contributed by atoms with Crippen molar-refractivity contribution in [2.24, 2.45) is 7.05 Å². The Morgan fingerprint density at radius 1 is 1.22 bits per heavy atom. The molecule has 1 unspecified atom stereocenters. The van der Waals surface area contributed by atoms with Crippen LogP contribution in [0.3, 0.4) is 0 Å². The molecule has 0 radical (unpaired) electrons. The van der Waals surface area contributed by atoms with Gasteiger partial charge in [-0.25, -0.2) is 8.78 Å². The summed E-state index contributed by atoms with van der Waals surface area (Å²) in [7, 11) is 1.77. The maximum Gasteiger partial charge on any atom is 0.129 e. The number of aliphatic hydroxyl groups is 1. The molecule has 2 aromatic rings. The van der Waals surface area contributed by atoms with Crippen LogP contribution in [0.1, 0.15) is 11.3 Å². The number of benzene rings is 1. The van der Waals surface area contributed by atoms with Crippen LogP contribution in [-0.4, -0.2) is 21.0 Å². The zero-order chi connectivity index (χ0) is 13.1. The molecule has 1 aromatic heterocycles. The van der Waals surface area contributed by atoms with Crippen molar-refractivity contribution in [3.63, 3.8) is 0 Å². The Balaban J connectivity index is 2.05. The van der Waals surface area contributed by atoms with Gasteiger partial charge < -0.3 is 5.11 Å². The third kappa shape index (κ3) is 2.92. The molecule has 0 aliphatic carbocycles. The second-order valence-corrected chi connectivity index (χ2v) is 4.24. The number of hydrogen-bond acceptors (Lipinski definition) is 2. The number of halogens is 2. The Morgan fingerprint density at radius 3 is 2.44 bits per heavy atom. The maximum atomic E-state index is 13.4. The molecule has 0 amide bonds. The molecule has 1 aromatic carbocycles. The third-order valence-electron chi connectivity index (χ3n) is 2.72. The smallest absolute Gasteiger partial charge is 0.129 e. The minimum absolute atomic E-state index is 0.0604. The van der Waals surface area contributed by atoms with E-state index in [1.807, 2.05) is 0 Å². The molecular weight excluding hydrogens is 238 g/mol. The molecule has 1 N–H and O–H groups in total. The average Bonchev–Trinajstić information content (AvgIpc) is 2.69. The Kier molecular flexibility index (Phi) is 3.72. The summed E-state index contributed by atoms with van der Waals surface area (Å²) in [6.45, 7) is 0. The van der Waals surface area contributed by atoms with Gasteiger partial charge >= 0.3 is 0 Å². The zero-order valence-electron chi connectivity index (χ0n) is 9.98. The van der Waals surface area contributed by atoms with E-state index in [1.165, 1.54) is 18.2 Å². The lowest BCUT2D eigenvalue weighted by Gasteiger charge is -2.10. The van der Waals surface area contributed by atoms with Gasteiger partial charge in [-0.3, -0.25) is 4.68 Å². The van der Waals surface area contributed by atoms with Gasteiger partial charge in [0.25, 0.3) is 0 Å². The molecule has 1 heterocycles. The highest BCUT2D eigenvalue weighted by Gasteiger charge is 2.15. The number of hydrogen-bond donors (Lipinski definition) is 1. The molecule has 0 saturated heterocycles. The third-order valence-corrected chi connectivity index (χ3v) is 2.72. The Hall–Kier alpha value is -1.75. The van der Waals surface area contributed by atoms with Crippen LogP contribution in [0.2, 0.25) is 0 Å². The molecule has 0 fully saturated rings. The molecule has 0 spiro atoms. The predicted molar refractivity (Wildman–Crippen MR) is 63.0 cm³/mol. The summed E-state index contributed by atoms with van der Waals surface area (Å²) in [6, 6.07) is 5.44. The van der Waals surface area contributed by atoms with Crippen molar-refractivity contribution in [2.75, 3.05) is 0 Å². The highest BCUT2D eigenvalue weighted by Crippen LogP contribution is 2.15. The van der Waals surface area contributed by atoms with Gasteiger partial charge in [0, 0.05) is 31.6 Å². The highest BCUT2D eigenvalue weighted by molar-refractivity contribution is 5.20. The molecule has 5 heteroatoms.